The Morgan fingerprint density at radius 3 is 2.24 bits per heavy atom. The van der Waals surface area contributed by atoms with Gasteiger partial charge in [0.15, 0.2) is 0 Å². The van der Waals surface area contributed by atoms with E-state index in [1.54, 1.807) is 55.5 Å². The van der Waals surface area contributed by atoms with Crippen LogP contribution in [-0.4, -0.2) is 49.5 Å². The molecule has 0 unspecified atom stereocenters. The molecule has 0 spiro atoms. The summed E-state index contributed by atoms with van der Waals surface area (Å²) in [5.74, 6) is -0.839. The number of anilines is 1. The van der Waals surface area contributed by atoms with E-state index < -0.39 is 34.1 Å². The summed E-state index contributed by atoms with van der Waals surface area (Å²) in [4.78, 5) is 27.7. The molecule has 1 atom stereocenters. The molecule has 0 heterocycles. The standard InChI is InChI=1S/C23H29ClIN3O4S/c1-16(22(30)26-23(2,3)4)27(14-17-7-6-8-18(24)13-17)21(29)15-28(33(5,31)32)20-11-9-19(25)10-12-20/h6-13,16H,14-15H2,1-5H3,(H,26,30)/t16-/m0/s1. The molecule has 2 rings (SSSR count). The highest BCUT2D eigenvalue weighted by Gasteiger charge is 2.31. The summed E-state index contributed by atoms with van der Waals surface area (Å²) in [6, 6.07) is 13.0. The fraction of sp³-hybridized carbons (Fsp3) is 0.391. The maximum Gasteiger partial charge on any atom is 0.244 e. The molecule has 0 saturated carbocycles. The number of hydrogen-bond acceptors (Lipinski definition) is 4. The topological polar surface area (TPSA) is 86.8 Å². The molecule has 0 fully saturated rings. The summed E-state index contributed by atoms with van der Waals surface area (Å²) in [5, 5.41) is 3.38. The van der Waals surface area contributed by atoms with Crippen molar-refractivity contribution in [2.24, 2.45) is 0 Å². The van der Waals surface area contributed by atoms with E-state index in [1.165, 1.54) is 4.90 Å². The number of nitrogens with one attached hydrogen (secondary N) is 1. The molecule has 10 heteroatoms. The van der Waals surface area contributed by atoms with Crippen LogP contribution < -0.4 is 9.62 Å². The zero-order valence-electron chi connectivity index (χ0n) is 19.3. The zero-order chi connectivity index (χ0) is 25.0. The maximum absolute atomic E-state index is 13.4. The average Bonchev–Trinajstić information content (AvgIpc) is 2.68. The molecule has 0 aliphatic carbocycles. The summed E-state index contributed by atoms with van der Waals surface area (Å²) in [5.41, 5.74) is 0.614. The molecule has 2 amide bonds. The maximum atomic E-state index is 13.4. The summed E-state index contributed by atoms with van der Waals surface area (Å²) < 4.78 is 27.0. The predicted molar refractivity (Wildman–Crippen MR) is 141 cm³/mol. The number of sulfonamides is 1. The largest absolute Gasteiger partial charge is 0.350 e. The number of nitrogens with zero attached hydrogens (tertiary/aromatic N) is 2. The lowest BCUT2D eigenvalue weighted by Crippen LogP contribution is -2.54. The Bertz CT molecular complexity index is 1100. The minimum atomic E-state index is -3.75. The molecular weight excluding hydrogens is 577 g/mol. The van der Waals surface area contributed by atoms with Crippen molar-refractivity contribution >= 4 is 61.7 Å². The van der Waals surface area contributed by atoms with Crippen LogP contribution in [0.3, 0.4) is 0 Å². The van der Waals surface area contributed by atoms with E-state index in [4.69, 9.17) is 11.6 Å². The van der Waals surface area contributed by atoms with Gasteiger partial charge in [-0.3, -0.25) is 13.9 Å². The van der Waals surface area contributed by atoms with Gasteiger partial charge in [0.2, 0.25) is 21.8 Å². The van der Waals surface area contributed by atoms with Gasteiger partial charge in [-0.1, -0.05) is 23.7 Å². The fourth-order valence-corrected chi connectivity index (χ4v) is 4.53. The first-order valence-electron chi connectivity index (χ1n) is 10.3. The van der Waals surface area contributed by atoms with E-state index in [-0.39, 0.29) is 12.5 Å². The Labute approximate surface area is 214 Å². The second kappa shape index (κ2) is 11.1. The van der Waals surface area contributed by atoms with Crippen LogP contribution in [-0.2, 0) is 26.2 Å². The van der Waals surface area contributed by atoms with Gasteiger partial charge in [-0.05, 0) is 92.2 Å². The van der Waals surface area contributed by atoms with Crippen LogP contribution >= 0.6 is 34.2 Å². The molecule has 0 saturated heterocycles. The van der Waals surface area contributed by atoms with Crippen molar-refractivity contribution in [2.45, 2.75) is 45.8 Å². The Morgan fingerprint density at radius 2 is 1.73 bits per heavy atom. The summed E-state index contributed by atoms with van der Waals surface area (Å²) in [6.07, 6.45) is 1.05. The number of halogens is 2. The number of benzene rings is 2. The quantitative estimate of drug-likeness (QED) is 0.460. The Hall–Kier alpha value is -1.85. The molecule has 0 aliphatic rings. The van der Waals surface area contributed by atoms with Crippen LogP contribution in [0, 0.1) is 3.57 Å². The summed E-state index contributed by atoms with van der Waals surface area (Å²) in [7, 11) is -3.75. The number of carbonyl (C=O) groups excluding carboxylic acids is 2. The van der Waals surface area contributed by atoms with Crippen LogP contribution in [0.15, 0.2) is 48.5 Å². The minimum absolute atomic E-state index is 0.0996. The van der Waals surface area contributed by atoms with Gasteiger partial charge in [-0.25, -0.2) is 8.42 Å². The first-order chi connectivity index (χ1) is 15.2. The van der Waals surface area contributed by atoms with Crippen molar-refractivity contribution < 1.29 is 18.0 Å². The molecule has 0 aliphatic heterocycles. The van der Waals surface area contributed by atoms with Crippen LogP contribution in [0.1, 0.15) is 33.3 Å². The zero-order valence-corrected chi connectivity index (χ0v) is 23.0. The average molecular weight is 606 g/mol. The van der Waals surface area contributed by atoms with Crippen LogP contribution in [0.25, 0.3) is 0 Å². The highest BCUT2D eigenvalue weighted by atomic mass is 127. The highest BCUT2D eigenvalue weighted by molar-refractivity contribution is 14.1. The van der Waals surface area contributed by atoms with Gasteiger partial charge in [0.05, 0.1) is 11.9 Å². The molecule has 0 aromatic heterocycles. The lowest BCUT2D eigenvalue weighted by molar-refractivity contribution is -0.140. The number of hydrogen-bond donors (Lipinski definition) is 1. The molecule has 33 heavy (non-hydrogen) atoms. The second-order valence-corrected chi connectivity index (χ2v) is 12.4. The van der Waals surface area contributed by atoms with Gasteiger partial charge in [0.25, 0.3) is 0 Å². The molecule has 180 valence electrons. The molecule has 1 N–H and O–H groups in total. The van der Waals surface area contributed by atoms with Crippen LogP contribution in [0.4, 0.5) is 5.69 Å². The van der Waals surface area contributed by atoms with Crippen molar-refractivity contribution in [3.63, 3.8) is 0 Å². The van der Waals surface area contributed by atoms with Gasteiger partial charge in [-0.15, -0.1) is 0 Å². The minimum Gasteiger partial charge on any atom is -0.350 e. The normalized spacial score (nSPS) is 12.7. The van der Waals surface area contributed by atoms with Gasteiger partial charge in [0.1, 0.15) is 12.6 Å². The second-order valence-electron chi connectivity index (χ2n) is 8.81. The molecule has 0 bridgehead atoms. The highest BCUT2D eigenvalue weighted by Crippen LogP contribution is 2.21. The lowest BCUT2D eigenvalue weighted by Gasteiger charge is -2.33. The van der Waals surface area contributed by atoms with Gasteiger partial charge < -0.3 is 10.2 Å². The Morgan fingerprint density at radius 1 is 1.12 bits per heavy atom. The predicted octanol–water partition coefficient (Wildman–Crippen LogP) is 4.04. The fourth-order valence-electron chi connectivity index (χ4n) is 3.11. The third-order valence-corrected chi connectivity index (χ3v) is 6.80. The third kappa shape index (κ3) is 8.46. The molecule has 7 nitrogen and oxygen atoms in total. The Kier molecular flexibility index (Phi) is 9.17. The van der Waals surface area contributed by atoms with Crippen LogP contribution in [0.2, 0.25) is 5.02 Å². The summed E-state index contributed by atoms with van der Waals surface area (Å²) in [6.45, 7) is 6.84. The van der Waals surface area contributed by atoms with Crippen molar-refractivity contribution in [1.82, 2.24) is 10.2 Å². The van der Waals surface area contributed by atoms with Gasteiger partial charge in [0, 0.05) is 20.7 Å². The number of amides is 2. The van der Waals surface area contributed by atoms with Crippen molar-refractivity contribution in [3.05, 3.63) is 62.7 Å². The number of carbonyl (C=O) groups is 2. The van der Waals surface area contributed by atoms with E-state index in [0.29, 0.717) is 10.7 Å². The molecule has 2 aromatic rings. The SMILES string of the molecule is C[C@@H](C(=O)NC(C)(C)C)N(Cc1cccc(Cl)c1)C(=O)CN(c1ccc(I)cc1)S(C)(=O)=O. The molecule has 0 radical (unpaired) electrons. The lowest BCUT2D eigenvalue weighted by atomic mass is 10.1. The first-order valence-corrected chi connectivity index (χ1v) is 13.6. The van der Waals surface area contributed by atoms with E-state index in [9.17, 15) is 18.0 Å². The van der Waals surface area contributed by atoms with Crippen molar-refractivity contribution in [2.75, 3.05) is 17.1 Å². The molecular formula is C23H29ClIN3O4S. The molecule has 2 aromatic carbocycles. The van der Waals surface area contributed by atoms with E-state index in [0.717, 1.165) is 19.7 Å². The third-order valence-electron chi connectivity index (χ3n) is 4.70. The van der Waals surface area contributed by atoms with Crippen molar-refractivity contribution in [1.29, 1.82) is 0 Å². The van der Waals surface area contributed by atoms with E-state index in [2.05, 4.69) is 27.9 Å². The van der Waals surface area contributed by atoms with E-state index in [1.807, 2.05) is 20.8 Å². The van der Waals surface area contributed by atoms with E-state index >= 15 is 0 Å². The first kappa shape index (κ1) is 27.4. The monoisotopic (exact) mass is 605 g/mol. The smallest absolute Gasteiger partial charge is 0.244 e. The van der Waals surface area contributed by atoms with Gasteiger partial charge >= 0.3 is 0 Å². The summed E-state index contributed by atoms with van der Waals surface area (Å²) >= 11 is 8.22. The Balaban J connectivity index is 2.39. The van der Waals surface area contributed by atoms with Crippen LogP contribution in [0.5, 0.6) is 0 Å². The van der Waals surface area contributed by atoms with Gasteiger partial charge in [-0.2, -0.15) is 0 Å². The van der Waals surface area contributed by atoms with Crippen molar-refractivity contribution in [3.8, 4) is 0 Å². The number of rotatable bonds is 8.